The number of amides is 2. The maximum Gasteiger partial charge on any atom is 0.251 e. The minimum atomic E-state index is -0.269. The Morgan fingerprint density at radius 2 is 1.67 bits per heavy atom. The van der Waals surface area contributed by atoms with Crippen molar-refractivity contribution in [3.8, 4) is 5.75 Å². The predicted molar refractivity (Wildman–Crippen MR) is 108 cm³/mol. The Kier molecular flexibility index (Phi) is 8.43. The van der Waals surface area contributed by atoms with Crippen molar-refractivity contribution < 1.29 is 14.3 Å². The van der Waals surface area contributed by atoms with Gasteiger partial charge in [0.05, 0.1) is 16.7 Å². The van der Waals surface area contributed by atoms with Crippen LogP contribution < -0.4 is 15.4 Å². The van der Waals surface area contributed by atoms with Crippen molar-refractivity contribution in [2.24, 2.45) is 0 Å². The number of nitrogens with one attached hydrogen (secondary N) is 2. The first-order chi connectivity index (χ1) is 13.0. The predicted octanol–water partition coefficient (Wildman–Crippen LogP) is 4.01. The third kappa shape index (κ3) is 7.49. The number of hydrogen-bond acceptors (Lipinski definition) is 3. The molecule has 27 heavy (non-hydrogen) atoms. The number of ether oxygens (including phenoxy) is 1. The summed E-state index contributed by atoms with van der Waals surface area (Å²) in [6, 6.07) is 12.4. The molecule has 5 nitrogen and oxygen atoms in total. The molecule has 0 bridgehead atoms. The number of aryl methyl sites for hydroxylation is 1. The van der Waals surface area contributed by atoms with Gasteiger partial charge in [-0.25, -0.2) is 0 Å². The van der Waals surface area contributed by atoms with E-state index in [0.717, 1.165) is 5.75 Å². The Balaban J connectivity index is 1.57. The van der Waals surface area contributed by atoms with Crippen LogP contribution in [0.25, 0.3) is 0 Å². The number of benzene rings is 2. The molecule has 2 amide bonds. The summed E-state index contributed by atoms with van der Waals surface area (Å²) < 4.78 is 5.58. The van der Waals surface area contributed by atoms with Crippen LogP contribution in [0.15, 0.2) is 42.5 Å². The summed E-state index contributed by atoms with van der Waals surface area (Å²) in [4.78, 5) is 23.8. The molecule has 0 heterocycles. The highest BCUT2D eigenvalue weighted by atomic mass is 35.5. The third-order valence-corrected chi connectivity index (χ3v) is 4.49. The van der Waals surface area contributed by atoms with Gasteiger partial charge in [0.2, 0.25) is 5.91 Å². The SMILES string of the molecule is Cc1ccc(OCCCC(=O)NCCNC(=O)c2ccc(Cl)c(Cl)c2)cc1. The molecule has 0 spiro atoms. The van der Waals surface area contributed by atoms with Crippen molar-refractivity contribution in [2.75, 3.05) is 19.7 Å². The topological polar surface area (TPSA) is 67.4 Å². The van der Waals surface area contributed by atoms with Crippen molar-refractivity contribution in [1.29, 1.82) is 0 Å². The molecule has 0 saturated carbocycles. The number of halogens is 2. The number of carbonyl (C=O) groups is 2. The van der Waals surface area contributed by atoms with E-state index in [2.05, 4.69) is 10.6 Å². The first-order valence-corrected chi connectivity index (χ1v) is 9.41. The van der Waals surface area contributed by atoms with Gasteiger partial charge in [-0.05, 0) is 43.7 Å². The summed E-state index contributed by atoms with van der Waals surface area (Å²) in [6.45, 7) is 3.17. The maximum atomic E-state index is 12.0. The fourth-order valence-corrected chi connectivity index (χ4v) is 2.56. The smallest absolute Gasteiger partial charge is 0.251 e. The molecule has 7 heteroatoms. The van der Waals surface area contributed by atoms with E-state index < -0.39 is 0 Å². The van der Waals surface area contributed by atoms with Crippen molar-refractivity contribution >= 4 is 35.0 Å². The van der Waals surface area contributed by atoms with Gasteiger partial charge in [0, 0.05) is 25.1 Å². The lowest BCUT2D eigenvalue weighted by molar-refractivity contribution is -0.121. The van der Waals surface area contributed by atoms with Gasteiger partial charge in [-0.2, -0.15) is 0 Å². The zero-order chi connectivity index (χ0) is 19.6. The summed E-state index contributed by atoms with van der Waals surface area (Å²) in [5.41, 5.74) is 1.59. The lowest BCUT2D eigenvalue weighted by Crippen LogP contribution is -2.34. The van der Waals surface area contributed by atoms with Crippen LogP contribution in [0.5, 0.6) is 5.75 Å². The van der Waals surface area contributed by atoms with Gasteiger partial charge in [0.25, 0.3) is 5.91 Å². The largest absolute Gasteiger partial charge is 0.494 e. The van der Waals surface area contributed by atoms with Gasteiger partial charge in [-0.1, -0.05) is 40.9 Å². The average molecular weight is 409 g/mol. The van der Waals surface area contributed by atoms with Gasteiger partial charge in [-0.15, -0.1) is 0 Å². The lowest BCUT2D eigenvalue weighted by Gasteiger charge is -2.09. The van der Waals surface area contributed by atoms with Crippen molar-refractivity contribution in [2.45, 2.75) is 19.8 Å². The molecule has 0 aliphatic carbocycles. The van der Waals surface area contributed by atoms with E-state index in [1.807, 2.05) is 31.2 Å². The van der Waals surface area contributed by atoms with E-state index in [1.165, 1.54) is 11.6 Å². The zero-order valence-electron chi connectivity index (χ0n) is 15.1. The normalized spacial score (nSPS) is 10.3. The van der Waals surface area contributed by atoms with Gasteiger partial charge >= 0.3 is 0 Å². The molecule has 0 unspecified atom stereocenters. The second kappa shape index (κ2) is 10.8. The average Bonchev–Trinajstić information content (AvgIpc) is 2.66. The van der Waals surface area contributed by atoms with Crippen LogP contribution in [0, 0.1) is 6.92 Å². The van der Waals surface area contributed by atoms with Gasteiger partial charge in [-0.3, -0.25) is 9.59 Å². The van der Waals surface area contributed by atoms with E-state index >= 15 is 0 Å². The Morgan fingerprint density at radius 1 is 0.963 bits per heavy atom. The Labute approximate surface area is 169 Å². The Bertz CT molecular complexity index is 779. The van der Waals surface area contributed by atoms with Crippen LogP contribution in [0.1, 0.15) is 28.8 Å². The van der Waals surface area contributed by atoms with Crippen LogP contribution >= 0.6 is 23.2 Å². The van der Waals surface area contributed by atoms with E-state index in [4.69, 9.17) is 27.9 Å². The Morgan fingerprint density at radius 3 is 2.37 bits per heavy atom. The number of carbonyl (C=O) groups excluding carboxylic acids is 2. The van der Waals surface area contributed by atoms with Gasteiger partial charge in [0.1, 0.15) is 5.75 Å². The monoisotopic (exact) mass is 408 g/mol. The third-order valence-electron chi connectivity index (χ3n) is 3.75. The minimum absolute atomic E-state index is 0.0775. The molecule has 0 fully saturated rings. The van der Waals surface area contributed by atoms with Crippen LogP contribution in [-0.4, -0.2) is 31.5 Å². The van der Waals surface area contributed by atoms with Crippen LogP contribution in [0.4, 0.5) is 0 Å². The van der Waals surface area contributed by atoms with Crippen LogP contribution in [0.3, 0.4) is 0 Å². The molecule has 2 rings (SSSR count). The molecule has 0 saturated heterocycles. The van der Waals surface area contributed by atoms with E-state index in [-0.39, 0.29) is 11.8 Å². The van der Waals surface area contributed by atoms with Crippen molar-refractivity contribution in [3.63, 3.8) is 0 Å². The molecule has 2 N–H and O–H groups in total. The molecule has 144 valence electrons. The lowest BCUT2D eigenvalue weighted by atomic mass is 10.2. The molecule has 0 aromatic heterocycles. The molecule has 2 aromatic carbocycles. The number of hydrogen-bond donors (Lipinski definition) is 2. The minimum Gasteiger partial charge on any atom is -0.494 e. The zero-order valence-corrected chi connectivity index (χ0v) is 16.6. The van der Waals surface area contributed by atoms with Crippen molar-refractivity contribution in [3.05, 3.63) is 63.6 Å². The summed E-state index contributed by atoms with van der Waals surface area (Å²) in [5.74, 6) is 0.451. The first kappa shape index (κ1) is 21.1. The Hall–Kier alpha value is -2.24. The quantitative estimate of drug-likeness (QED) is 0.615. The molecular formula is C20H22Cl2N2O3. The van der Waals surface area contributed by atoms with E-state index in [1.54, 1.807) is 12.1 Å². The highest BCUT2D eigenvalue weighted by molar-refractivity contribution is 6.42. The fraction of sp³-hybridized carbons (Fsp3) is 0.300. The molecule has 0 aliphatic rings. The summed E-state index contributed by atoms with van der Waals surface area (Å²) in [6.07, 6.45) is 0.988. The summed E-state index contributed by atoms with van der Waals surface area (Å²) >= 11 is 11.7. The van der Waals surface area contributed by atoms with Crippen LogP contribution in [0.2, 0.25) is 10.0 Å². The molecular weight excluding hydrogens is 387 g/mol. The van der Waals surface area contributed by atoms with Crippen molar-refractivity contribution in [1.82, 2.24) is 10.6 Å². The molecule has 0 atom stereocenters. The molecule has 0 aliphatic heterocycles. The van der Waals surface area contributed by atoms with Gasteiger partial charge in [0.15, 0.2) is 0 Å². The van der Waals surface area contributed by atoms with E-state index in [9.17, 15) is 9.59 Å². The number of rotatable bonds is 9. The summed E-state index contributed by atoms with van der Waals surface area (Å²) in [5, 5.41) is 6.19. The first-order valence-electron chi connectivity index (χ1n) is 8.65. The second-order valence-electron chi connectivity index (χ2n) is 6.00. The molecule has 2 aromatic rings. The highest BCUT2D eigenvalue weighted by Gasteiger charge is 2.08. The standard InChI is InChI=1S/C20H22Cl2N2O3/c1-14-4-7-16(8-5-14)27-12-2-3-19(25)23-10-11-24-20(26)15-6-9-17(21)18(22)13-15/h4-9,13H,2-3,10-12H2,1H3,(H,23,25)(H,24,26). The van der Waals surface area contributed by atoms with Crippen LogP contribution in [-0.2, 0) is 4.79 Å². The molecule has 0 radical (unpaired) electrons. The van der Waals surface area contributed by atoms with E-state index in [0.29, 0.717) is 48.1 Å². The van der Waals surface area contributed by atoms with Gasteiger partial charge < -0.3 is 15.4 Å². The maximum absolute atomic E-state index is 12.0. The highest BCUT2D eigenvalue weighted by Crippen LogP contribution is 2.22. The fourth-order valence-electron chi connectivity index (χ4n) is 2.26. The second-order valence-corrected chi connectivity index (χ2v) is 6.81. The summed E-state index contributed by atoms with van der Waals surface area (Å²) in [7, 11) is 0.